The number of carbonyl (C=O) groups excluding carboxylic acids is 2. The Morgan fingerprint density at radius 3 is 2.11 bits per heavy atom. The smallest absolute Gasteiger partial charge is 0.276 e. The van der Waals surface area contributed by atoms with Gasteiger partial charge in [0.1, 0.15) is 0 Å². The van der Waals surface area contributed by atoms with Crippen molar-refractivity contribution in [3.05, 3.63) is 24.3 Å². The maximum absolute atomic E-state index is 12.4. The van der Waals surface area contributed by atoms with Crippen LogP contribution in [0.4, 0.5) is 0 Å². The monoisotopic (exact) mass is 372 g/mol. The second kappa shape index (κ2) is 7.41. The minimum Gasteiger partial charge on any atom is -0.493 e. The van der Waals surface area contributed by atoms with Gasteiger partial charge >= 0.3 is 0 Å². The first-order valence-corrected chi connectivity index (χ1v) is 9.89. The molecule has 0 aromatic heterocycles. The largest absolute Gasteiger partial charge is 0.493 e. The third-order valence-corrected chi connectivity index (χ3v) is 6.47. The quantitative estimate of drug-likeness (QED) is 0.753. The molecule has 4 bridgehead atoms. The average Bonchev–Trinajstić information content (AvgIpc) is 2.63. The zero-order valence-electron chi connectivity index (χ0n) is 15.8. The van der Waals surface area contributed by atoms with Crippen LogP contribution in [-0.2, 0) is 9.59 Å². The van der Waals surface area contributed by atoms with Crippen molar-refractivity contribution in [3.8, 4) is 11.5 Å². The Balaban J connectivity index is 1.23. The van der Waals surface area contributed by atoms with Crippen molar-refractivity contribution in [2.45, 2.75) is 44.9 Å². The molecule has 146 valence electrons. The van der Waals surface area contributed by atoms with E-state index in [1.165, 1.54) is 38.5 Å². The molecule has 2 amide bonds. The van der Waals surface area contributed by atoms with Crippen LogP contribution < -0.4 is 20.3 Å². The van der Waals surface area contributed by atoms with Crippen LogP contribution in [0.2, 0.25) is 0 Å². The lowest BCUT2D eigenvalue weighted by Crippen LogP contribution is -2.50. The number of hydrazine groups is 1. The molecule has 0 radical (unpaired) electrons. The number of carbonyl (C=O) groups is 2. The summed E-state index contributed by atoms with van der Waals surface area (Å²) in [6.07, 6.45) is 8.13. The second-order valence-electron chi connectivity index (χ2n) is 8.63. The van der Waals surface area contributed by atoms with Gasteiger partial charge in [-0.25, -0.2) is 0 Å². The van der Waals surface area contributed by atoms with Crippen LogP contribution in [-0.4, -0.2) is 25.5 Å². The Kier molecular flexibility index (Phi) is 4.98. The third kappa shape index (κ3) is 4.04. The summed E-state index contributed by atoms with van der Waals surface area (Å²) in [6, 6.07) is 7.14. The fraction of sp³-hybridized carbons (Fsp3) is 0.619. The second-order valence-corrected chi connectivity index (χ2v) is 8.63. The van der Waals surface area contributed by atoms with Crippen molar-refractivity contribution in [2.24, 2.45) is 23.2 Å². The molecule has 5 rings (SSSR count). The molecule has 0 saturated heterocycles. The van der Waals surface area contributed by atoms with Crippen LogP contribution in [0.15, 0.2) is 24.3 Å². The van der Waals surface area contributed by atoms with Crippen molar-refractivity contribution in [1.82, 2.24) is 10.9 Å². The van der Waals surface area contributed by atoms with Gasteiger partial charge in [0.05, 0.1) is 7.11 Å². The van der Waals surface area contributed by atoms with Crippen molar-refractivity contribution in [1.29, 1.82) is 0 Å². The number of methoxy groups -OCH3 is 1. The van der Waals surface area contributed by atoms with Gasteiger partial charge in [0.2, 0.25) is 5.91 Å². The summed E-state index contributed by atoms with van der Waals surface area (Å²) in [5, 5.41) is 0. The van der Waals surface area contributed by atoms with Crippen LogP contribution in [0.5, 0.6) is 11.5 Å². The molecule has 4 saturated carbocycles. The van der Waals surface area contributed by atoms with E-state index in [1.807, 2.05) is 12.1 Å². The molecule has 0 heterocycles. The molecule has 6 heteroatoms. The molecule has 4 fully saturated rings. The number of amides is 2. The van der Waals surface area contributed by atoms with Crippen LogP contribution in [0.1, 0.15) is 44.9 Å². The highest BCUT2D eigenvalue weighted by Gasteiger charge is 2.51. The lowest BCUT2D eigenvalue weighted by Gasteiger charge is -2.56. The molecular formula is C21H28N2O4. The highest BCUT2D eigenvalue weighted by Crippen LogP contribution is 2.61. The Morgan fingerprint density at radius 1 is 0.963 bits per heavy atom. The lowest BCUT2D eigenvalue weighted by molar-refractivity contribution is -0.134. The van der Waals surface area contributed by atoms with E-state index in [2.05, 4.69) is 10.9 Å². The van der Waals surface area contributed by atoms with E-state index in [-0.39, 0.29) is 23.8 Å². The van der Waals surface area contributed by atoms with Crippen molar-refractivity contribution < 1.29 is 19.1 Å². The van der Waals surface area contributed by atoms with Gasteiger partial charge in [0.25, 0.3) is 5.91 Å². The van der Waals surface area contributed by atoms with E-state index < -0.39 is 0 Å². The molecule has 27 heavy (non-hydrogen) atoms. The molecule has 0 atom stereocenters. The first kappa shape index (κ1) is 18.1. The molecular weight excluding hydrogens is 344 g/mol. The zero-order chi connectivity index (χ0) is 18.9. The Hall–Kier alpha value is -2.24. The maximum atomic E-state index is 12.4. The normalized spacial score (nSPS) is 30.6. The molecule has 4 aliphatic carbocycles. The van der Waals surface area contributed by atoms with E-state index in [9.17, 15) is 9.59 Å². The SMILES string of the molecule is COc1ccccc1OCC(=O)NNC(=O)CC12CC3CC(CC(C3)C1)C2. The van der Waals surface area contributed by atoms with Gasteiger partial charge in [0.15, 0.2) is 18.1 Å². The van der Waals surface area contributed by atoms with Gasteiger partial charge in [-0.3, -0.25) is 20.4 Å². The minimum atomic E-state index is -0.389. The molecule has 4 aliphatic rings. The first-order valence-electron chi connectivity index (χ1n) is 9.89. The molecule has 0 spiro atoms. The van der Waals surface area contributed by atoms with Crippen molar-refractivity contribution in [2.75, 3.05) is 13.7 Å². The maximum Gasteiger partial charge on any atom is 0.276 e. The summed E-state index contributed by atoms with van der Waals surface area (Å²) in [5.74, 6) is 3.02. The summed E-state index contributed by atoms with van der Waals surface area (Å²) in [5.41, 5.74) is 5.21. The van der Waals surface area contributed by atoms with E-state index in [4.69, 9.17) is 9.47 Å². The van der Waals surface area contributed by atoms with Crippen LogP contribution in [0.25, 0.3) is 0 Å². The molecule has 0 aliphatic heterocycles. The Morgan fingerprint density at radius 2 is 1.52 bits per heavy atom. The number of nitrogens with one attached hydrogen (secondary N) is 2. The molecule has 0 unspecified atom stereocenters. The first-order chi connectivity index (χ1) is 13.0. The Labute approximate surface area is 160 Å². The molecule has 6 nitrogen and oxygen atoms in total. The average molecular weight is 372 g/mol. The van der Waals surface area contributed by atoms with Crippen LogP contribution in [0, 0.1) is 23.2 Å². The predicted octanol–water partition coefficient (Wildman–Crippen LogP) is 2.83. The van der Waals surface area contributed by atoms with E-state index in [0.717, 1.165) is 17.8 Å². The van der Waals surface area contributed by atoms with E-state index >= 15 is 0 Å². The zero-order valence-corrected chi connectivity index (χ0v) is 15.8. The highest BCUT2D eigenvalue weighted by atomic mass is 16.5. The molecule has 1 aromatic carbocycles. The number of hydrogen-bond acceptors (Lipinski definition) is 4. The number of ether oxygens (including phenoxy) is 2. The Bertz CT molecular complexity index is 683. The third-order valence-electron chi connectivity index (χ3n) is 6.47. The standard InChI is InChI=1S/C21H28N2O4/c1-26-17-4-2-3-5-18(17)27-13-20(25)23-22-19(24)12-21-9-14-6-15(10-21)8-16(7-14)11-21/h2-5,14-16H,6-13H2,1H3,(H,22,24)(H,23,25). The van der Waals surface area contributed by atoms with Crippen molar-refractivity contribution >= 4 is 11.8 Å². The summed E-state index contributed by atoms with van der Waals surface area (Å²) in [6.45, 7) is -0.183. The summed E-state index contributed by atoms with van der Waals surface area (Å²) in [4.78, 5) is 24.4. The predicted molar refractivity (Wildman–Crippen MR) is 100.0 cm³/mol. The van der Waals surface area contributed by atoms with Crippen molar-refractivity contribution in [3.63, 3.8) is 0 Å². The topological polar surface area (TPSA) is 76.7 Å². The lowest BCUT2D eigenvalue weighted by atomic mass is 9.49. The highest BCUT2D eigenvalue weighted by molar-refractivity contribution is 5.83. The molecule has 2 N–H and O–H groups in total. The van der Waals surface area contributed by atoms with Gasteiger partial charge in [-0.05, 0) is 73.8 Å². The molecule has 1 aromatic rings. The number of rotatable bonds is 6. The summed E-state index contributed by atoms with van der Waals surface area (Å²) >= 11 is 0. The van der Waals surface area contributed by atoms with Crippen LogP contribution in [0.3, 0.4) is 0 Å². The van der Waals surface area contributed by atoms with Gasteiger partial charge in [-0.15, -0.1) is 0 Å². The fourth-order valence-corrected chi connectivity index (χ4v) is 5.95. The van der Waals surface area contributed by atoms with Gasteiger partial charge in [-0.1, -0.05) is 12.1 Å². The number of hydrogen-bond donors (Lipinski definition) is 2. The number of para-hydroxylation sites is 2. The van der Waals surface area contributed by atoms with Gasteiger partial charge in [0, 0.05) is 6.42 Å². The fourth-order valence-electron chi connectivity index (χ4n) is 5.95. The summed E-state index contributed by atoms with van der Waals surface area (Å²) in [7, 11) is 1.55. The summed E-state index contributed by atoms with van der Waals surface area (Å²) < 4.78 is 10.7. The van der Waals surface area contributed by atoms with Gasteiger partial charge < -0.3 is 9.47 Å². The van der Waals surface area contributed by atoms with Gasteiger partial charge in [-0.2, -0.15) is 0 Å². The number of benzene rings is 1. The van der Waals surface area contributed by atoms with E-state index in [1.54, 1.807) is 19.2 Å². The van der Waals surface area contributed by atoms with Crippen LogP contribution >= 0.6 is 0 Å². The minimum absolute atomic E-state index is 0.0948. The van der Waals surface area contributed by atoms with E-state index in [0.29, 0.717) is 17.9 Å².